The first-order chi connectivity index (χ1) is 10.4. The van der Waals surface area contributed by atoms with Crippen molar-refractivity contribution in [1.82, 2.24) is 0 Å². The van der Waals surface area contributed by atoms with Gasteiger partial charge >= 0.3 is 5.97 Å². The van der Waals surface area contributed by atoms with Crippen molar-refractivity contribution in [3.63, 3.8) is 0 Å². The molecule has 22 heavy (non-hydrogen) atoms. The van der Waals surface area contributed by atoms with E-state index >= 15 is 0 Å². The molecule has 0 amide bonds. The third-order valence-electron chi connectivity index (χ3n) is 3.34. The summed E-state index contributed by atoms with van der Waals surface area (Å²) in [6, 6.07) is 4.88. The lowest BCUT2D eigenvalue weighted by Gasteiger charge is -2.10. The van der Waals surface area contributed by atoms with Gasteiger partial charge in [-0.25, -0.2) is 13.2 Å². The lowest BCUT2D eigenvalue weighted by Crippen LogP contribution is -2.09. The van der Waals surface area contributed by atoms with E-state index in [0.29, 0.717) is 28.8 Å². The Morgan fingerprint density at radius 3 is 2.91 bits per heavy atom. The Hall–Kier alpha value is -1.38. The van der Waals surface area contributed by atoms with Crippen molar-refractivity contribution in [3.05, 3.63) is 44.1 Å². The molecule has 2 heterocycles. The van der Waals surface area contributed by atoms with E-state index in [1.54, 1.807) is 5.38 Å². The summed E-state index contributed by atoms with van der Waals surface area (Å²) < 4.78 is 31.5. The first-order valence-electron chi connectivity index (χ1n) is 6.36. The SMILES string of the molecule is O=C(O)c1sccc1CS(=O)(=O)c1cc(Br)cc2c1OCC2. The molecule has 2 aromatic rings. The van der Waals surface area contributed by atoms with Crippen LogP contribution >= 0.6 is 27.3 Å². The number of ether oxygens (including phenoxy) is 1. The molecule has 0 saturated carbocycles. The van der Waals surface area contributed by atoms with Crippen LogP contribution in [0.4, 0.5) is 0 Å². The molecule has 1 aromatic heterocycles. The van der Waals surface area contributed by atoms with Crippen molar-refractivity contribution < 1.29 is 23.1 Å². The number of fused-ring (bicyclic) bond motifs is 1. The number of thiophene rings is 1. The fourth-order valence-electron chi connectivity index (χ4n) is 2.39. The van der Waals surface area contributed by atoms with Crippen molar-refractivity contribution in [1.29, 1.82) is 0 Å². The normalized spacial score (nSPS) is 13.7. The molecule has 0 aliphatic carbocycles. The van der Waals surface area contributed by atoms with Crippen LogP contribution in [-0.2, 0) is 22.0 Å². The number of carboxylic acids is 1. The van der Waals surface area contributed by atoms with Crippen LogP contribution in [0.1, 0.15) is 20.8 Å². The third kappa shape index (κ3) is 2.78. The summed E-state index contributed by atoms with van der Waals surface area (Å²) in [7, 11) is -3.70. The number of benzene rings is 1. The van der Waals surface area contributed by atoms with Gasteiger partial charge in [-0.1, -0.05) is 15.9 Å². The van der Waals surface area contributed by atoms with Gasteiger partial charge in [0.25, 0.3) is 0 Å². The predicted molar refractivity (Wildman–Crippen MR) is 85.5 cm³/mol. The minimum absolute atomic E-state index is 0.0520. The van der Waals surface area contributed by atoms with Gasteiger partial charge in [-0.2, -0.15) is 0 Å². The molecular weight excluding hydrogens is 392 g/mol. The fraction of sp³-hybridized carbons (Fsp3) is 0.214. The van der Waals surface area contributed by atoms with Gasteiger partial charge in [0.15, 0.2) is 9.84 Å². The van der Waals surface area contributed by atoms with Crippen LogP contribution in [0, 0.1) is 0 Å². The van der Waals surface area contributed by atoms with Gasteiger partial charge in [-0.05, 0) is 34.7 Å². The molecule has 0 fully saturated rings. The van der Waals surface area contributed by atoms with E-state index in [1.807, 2.05) is 6.07 Å². The molecule has 0 spiro atoms. The van der Waals surface area contributed by atoms with Crippen molar-refractivity contribution in [2.75, 3.05) is 6.61 Å². The number of rotatable bonds is 4. The fourth-order valence-corrected chi connectivity index (χ4v) is 5.48. The Kier molecular flexibility index (Phi) is 4.00. The zero-order valence-corrected chi connectivity index (χ0v) is 14.4. The van der Waals surface area contributed by atoms with Gasteiger partial charge in [0.05, 0.1) is 12.4 Å². The summed E-state index contributed by atoms with van der Waals surface area (Å²) in [5.41, 5.74) is 1.14. The minimum Gasteiger partial charge on any atom is -0.492 e. The van der Waals surface area contributed by atoms with Crippen LogP contribution < -0.4 is 4.74 Å². The van der Waals surface area contributed by atoms with Gasteiger partial charge < -0.3 is 9.84 Å². The highest BCUT2D eigenvalue weighted by atomic mass is 79.9. The molecule has 0 atom stereocenters. The second kappa shape index (κ2) is 5.68. The summed E-state index contributed by atoms with van der Waals surface area (Å²) >= 11 is 4.33. The molecule has 0 saturated heterocycles. The van der Waals surface area contributed by atoms with Gasteiger partial charge in [0, 0.05) is 10.9 Å². The Balaban J connectivity index is 2.04. The van der Waals surface area contributed by atoms with Gasteiger partial charge in [-0.15, -0.1) is 11.3 Å². The summed E-state index contributed by atoms with van der Waals surface area (Å²) in [5.74, 6) is -1.09. The standard InChI is InChI=1S/C14H11BrO5S2/c15-10-5-8-1-3-20-12(8)11(6-10)22(18,19)7-9-2-4-21-13(9)14(16)17/h2,4-6H,1,3,7H2,(H,16,17). The van der Waals surface area contributed by atoms with E-state index < -0.39 is 15.8 Å². The van der Waals surface area contributed by atoms with E-state index in [0.717, 1.165) is 16.9 Å². The molecule has 5 nitrogen and oxygen atoms in total. The Morgan fingerprint density at radius 1 is 1.41 bits per heavy atom. The first-order valence-corrected chi connectivity index (χ1v) is 9.68. The third-order valence-corrected chi connectivity index (χ3v) is 6.40. The van der Waals surface area contributed by atoms with Gasteiger partial charge in [0.2, 0.25) is 0 Å². The van der Waals surface area contributed by atoms with Crippen molar-refractivity contribution in [2.24, 2.45) is 0 Å². The summed E-state index contributed by atoms with van der Waals surface area (Å²) in [5, 5.41) is 10.7. The average molecular weight is 403 g/mol. The Morgan fingerprint density at radius 2 is 2.18 bits per heavy atom. The van der Waals surface area contributed by atoms with Crippen LogP contribution in [0.5, 0.6) is 5.75 Å². The maximum atomic E-state index is 12.7. The molecule has 1 aromatic carbocycles. The smallest absolute Gasteiger partial charge is 0.346 e. The number of sulfone groups is 1. The van der Waals surface area contributed by atoms with E-state index in [2.05, 4.69) is 15.9 Å². The maximum absolute atomic E-state index is 12.7. The van der Waals surface area contributed by atoms with Crippen molar-refractivity contribution in [2.45, 2.75) is 17.1 Å². The minimum atomic E-state index is -3.70. The summed E-state index contributed by atoms with van der Waals surface area (Å²) in [4.78, 5) is 11.3. The van der Waals surface area contributed by atoms with Gasteiger partial charge in [-0.3, -0.25) is 0 Å². The second-order valence-electron chi connectivity index (χ2n) is 4.83. The summed E-state index contributed by atoms with van der Waals surface area (Å²) in [6.07, 6.45) is 0.663. The Bertz CT molecular complexity index is 854. The number of hydrogen-bond donors (Lipinski definition) is 1. The number of carboxylic acid groups (broad SMARTS) is 1. The quantitative estimate of drug-likeness (QED) is 0.849. The van der Waals surface area contributed by atoms with E-state index in [9.17, 15) is 13.2 Å². The highest BCUT2D eigenvalue weighted by Gasteiger charge is 2.28. The van der Waals surface area contributed by atoms with E-state index in [1.165, 1.54) is 12.1 Å². The molecular formula is C14H11BrO5S2. The zero-order valence-electron chi connectivity index (χ0n) is 11.2. The van der Waals surface area contributed by atoms with Crippen LogP contribution in [-0.4, -0.2) is 26.1 Å². The zero-order chi connectivity index (χ0) is 15.9. The molecule has 1 aliphatic heterocycles. The van der Waals surface area contributed by atoms with Crippen LogP contribution in [0.15, 0.2) is 32.9 Å². The van der Waals surface area contributed by atoms with Crippen molar-refractivity contribution in [3.8, 4) is 5.75 Å². The number of carbonyl (C=O) groups is 1. The van der Waals surface area contributed by atoms with Gasteiger partial charge in [0.1, 0.15) is 15.5 Å². The average Bonchev–Trinajstić information content (AvgIpc) is 3.05. The monoisotopic (exact) mass is 402 g/mol. The van der Waals surface area contributed by atoms with Crippen molar-refractivity contribution >= 4 is 43.1 Å². The lowest BCUT2D eigenvalue weighted by molar-refractivity contribution is 0.0701. The first kappa shape index (κ1) is 15.5. The molecule has 1 aliphatic rings. The lowest BCUT2D eigenvalue weighted by atomic mass is 10.2. The Labute approximate surface area is 139 Å². The van der Waals surface area contributed by atoms with Crippen LogP contribution in [0.2, 0.25) is 0 Å². The molecule has 8 heteroatoms. The number of hydrogen-bond acceptors (Lipinski definition) is 5. The van der Waals surface area contributed by atoms with E-state index in [-0.39, 0.29) is 15.5 Å². The largest absolute Gasteiger partial charge is 0.492 e. The molecule has 0 radical (unpaired) electrons. The molecule has 1 N–H and O–H groups in total. The van der Waals surface area contributed by atoms with E-state index in [4.69, 9.17) is 9.84 Å². The topological polar surface area (TPSA) is 80.7 Å². The highest BCUT2D eigenvalue weighted by Crippen LogP contribution is 2.37. The highest BCUT2D eigenvalue weighted by molar-refractivity contribution is 9.10. The molecule has 116 valence electrons. The molecule has 3 rings (SSSR count). The maximum Gasteiger partial charge on any atom is 0.346 e. The van der Waals surface area contributed by atoms with Crippen LogP contribution in [0.3, 0.4) is 0 Å². The second-order valence-corrected chi connectivity index (χ2v) is 8.62. The summed E-state index contributed by atoms with van der Waals surface area (Å²) in [6.45, 7) is 0.452. The number of aromatic carboxylic acids is 1. The molecule has 0 unspecified atom stereocenters. The predicted octanol–water partition coefficient (Wildman–Crippen LogP) is 3.12. The number of halogens is 1. The molecule has 0 bridgehead atoms. The van der Waals surface area contributed by atoms with Crippen LogP contribution in [0.25, 0.3) is 0 Å².